The molecular weight excluding hydrogens is 396 g/mol. The van der Waals surface area contributed by atoms with Crippen molar-refractivity contribution in [2.45, 2.75) is 102 Å². The molecule has 0 heterocycles. The highest BCUT2D eigenvalue weighted by atomic mass is 14.5. The number of allylic oxidation sites excluding steroid dienone is 2. The largest absolute Gasteiger partial charge is 0.0729 e. The first-order valence-corrected chi connectivity index (χ1v) is 12.5. The van der Waals surface area contributed by atoms with Gasteiger partial charge in [0.1, 0.15) is 0 Å². The number of fused-ring (bicyclic) bond motifs is 5. The summed E-state index contributed by atoms with van der Waals surface area (Å²) in [4.78, 5) is 0. The first-order valence-electron chi connectivity index (χ1n) is 12.5. The summed E-state index contributed by atoms with van der Waals surface area (Å²) in [7, 11) is 0. The minimum atomic E-state index is -0.0218. The van der Waals surface area contributed by atoms with Crippen molar-refractivity contribution in [3.8, 4) is 11.1 Å². The molecule has 0 fully saturated rings. The summed E-state index contributed by atoms with van der Waals surface area (Å²) in [5.74, 6) is 0. The topological polar surface area (TPSA) is 0 Å². The smallest absolute Gasteiger partial charge is 0.0164 e. The van der Waals surface area contributed by atoms with E-state index in [1.165, 1.54) is 88.7 Å². The van der Waals surface area contributed by atoms with Crippen molar-refractivity contribution in [3.63, 3.8) is 0 Å². The van der Waals surface area contributed by atoms with E-state index in [4.69, 9.17) is 0 Å². The molecule has 174 valence electrons. The zero-order chi connectivity index (χ0) is 24.9. The Morgan fingerprint density at radius 2 is 0.879 bits per heavy atom. The van der Waals surface area contributed by atoms with Gasteiger partial charge >= 0.3 is 0 Å². The van der Waals surface area contributed by atoms with E-state index in [0.717, 1.165) is 0 Å². The average molecular weight is 439 g/mol. The maximum atomic E-state index is 2.46. The molecule has 0 aromatic heterocycles. The maximum absolute atomic E-state index is 2.46. The van der Waals surface area contributed by atoms with Crippen molar-refractivity contribution in [2.75, 3.05) is 0 Å². The van der Waals surface area contributed by atoms with Crippen molar-refractivity contribution < 1.29 is 0 Å². The van der Waals surface area contributed by atoms with Gasteiger partial charge in [0.05, 0.1) is 0 Å². The van der Waals surface area contributed by atoms with Crippen LogP contribution in [0.5, 0.6) is 0 Å². The quantitative estimate of drug-likeness (QED) is 0.354. The van der Waals surface area contributed by atoms with Crippen molar-refractivity contribution in [1.82, 2.24) is 0 Å². The molecule has 0 atom stereocenters. The fourth-order valence-electron chi connectivity index (χ4n) is 6.84. The molecule has 0 spiro atoms. The van der Waals surface area contributed by atoms with Crippen LogP contribution in [0.3, 0.4) is 0 Å². The fourth-order valence-corrected chi connectivity index (χ4v) is 6.84. The Hall–Kier alpha value is -2.34. The highest BCUT2D eigenvalue weighted by Crippen LogP contribution is 2.58. The molecule has 0 aliphatic heterocycles. The second kappa shape index (κ2) is 7.33. The van der Waals surface area contributed by atoms with Crippen molar-refractivity contribution in [1.29, 1.82) is 0 Å². The van der Waals surface area contributed by atoms with Gasteiger partial charge in [0.25, 0.3) is 0 Å². The molecule has 0 saturated carbocycles. The van der Waals surface area contributed by atoms with Gasteiger partial charge in [-0.15, -0.1) is 0 Å². The van der Waals surface area contributed by atoms with Crippen LogP contribution in [0, 0.1) is 62.3 Å². The van der Waals surface area contributed by atoms with Gasteiger partial charge in [-0.1, -0.05) is 19.4 Å². The second-order valence-electron chi connectivity index (χ2n) is 11.5. The van der Waals surface area contributed by atoms with E-state index >= 15 is 0 Å². The van der Waals surface area contributed by atoms with Gasteiger partial charge in [-0.25, -0.2) is 0 Å². The zero-order valence-corrected chi connectivity index (χ0v) is 23.5. The van der Waals surface area contributed by atoms with E-state index in [0.29, 0.717) is 0 Å². The van der Waals surface area contributed by atoms with Gasteiger partial charge in [0, 0.05) is 5.41 Å². The monoisotopic (exact) mass is 438 g/mol. The Bertz CT molecular complexity index is 1410. The van der Waals surface area contributed by atoms with Crippen LogP contribution in [0.2, 0.25) is 0 Å². The molecule has 0 nitrogen and oxygen atoms in total. The van der Waals surface area contributed by atoms with Crippen LogP contribution in [0.4, 0.5) is 0 Å². The van der Waals surface area contributed by atoms with Gasteiger partial charge in [-0.3, -0.25) is 0 Å². The van der Waals surface area contributed by atoms with E-state index in [-0.39, 0.29) is 5.41 Å². The van der Waals surface area contributed by atoms with E-state index in [9.17, 15) is 0 Å². The first-order chi connectivity index (χ1) is 15.2. The second-order valence-corrected chi connectivity index (χ2v) is 11.5. The van der Waals surface area contributed by atoms with Crippen LogP contribution in [0.15, 0.2) is 5.57 Å². The van der Waals surface area contributed by atoms with Crippen molar-refractivity contribution >= 4 is 16.3 Å². The number of hydrogen-bond donors (Lipinski definition) is 0. The van der Waals surface area contributed by atoms with Gasteiger partial charge in [0.15, 0.2) is 0 Å². The van der Waals surface area contributed by atoms with Crippen LogP contribution in [-0.2, 0) is 5.41 Å². The molecule has 1 aliphatic carbocycles. The lowest BCUT2D eigenvalue weighted by atomic mass is 9.74. The highest BCUT2D eigenvalue weighted by molar-refractivity contribution is 6.12. The van der Waals surface area contributed by atoms with Gasteiger partial charge < -0.3 is 0 Å². The highest BCUT2D eigenvalue weighted by Gasteiger charge is 2.42. The summed E-state index contributed by atoms with van der Waals surface area (Å²) in [6.45, 7) is 32.8. The zero-order valence-electron chi connectivity index (χ0n) is 23.5. The summed E-state index contributed by atoms with van der Waals surface area (Å²) >= 11 is 0. The van der Waals surface area contributed by atoms with Gasteiger partial charge in [0.2, 0.25) is 0 Å². The Morgan fingerprint density at radius 1 is 0.455 bits per heavy atom. The van der Waals surface area contributed by atoms with E-state index < -0.39 is 0 Å². The minimum absolute atomic E-state index is 0.0218. The lowest BCUT2D eigenvalue weighted by molar-refractivity contribution is 0.649. The molecule has 0 heteroatoms. The van der Waals surface area contributed by atoms with E-state index in [1.54, 1.807) is 11.1 Å². The summed E-state index contributed by atoms with van der Waals surface area (Å²) in [6, 6.07) is 0. The third-order valence-corrected chi connectivity index (χ3v) is 9.50. The standard InChI is InChI=1S/C33H42/c1-15(2)16(3)26-25(12)32-30(28-22(9)18(5)17(4)21(8)27(26)28)29-23(10)19(6)20(7)24(11)31(29)33(32,13)14/h1-14H3. The van der Waals surface area contributed by atoms with Crippen LogP contribution < -0.4 is 0 Å². The van der Waals surface area contributed by atoms with Crippen molar-refractivity contribution in [3.05, 3.63) is 72.3 Å². The fraction of sp³-hybridized carbons (Fsp3) is 0.455. The number of benzene rings is 3. The molecule has 0 amide bonds. The Morgan fingerprint density at radius 3 is 1.39 bits per heavy atom. The van der Waals surface area contributed by atoms with Crippen LogP contribution in [0.25, 0.3) is 27.5 Å². The predicted molar refractivity (Wildman–Crippen MR) is 148 cm³/mol. The van der Waals surface area contributed by atoms with E-state index in [2.05, 4.69) is 96.9 Å². The Labute approximate surface area is 202 Å². The summed E-state index contributed by atoms with van der Waals surface area (Å²) in [5, 5.41) is 2.97. The predicted octanol–water partition coefficient (Wildman–Crippen LogP) is 9.74. The molecule has 0 saturated heterocycles. The molecule has 0 N–H and O–H groups in total. The molecule has 0 unspecified atom stereocenters. The SMILES string of the molecule is CC(C)=C(C)c1c(C)c2c(c3c(C)c(C)c(C)c(C)c13)-c1c(C)c(C)c(C)c(C)c1C2(C)C. The summed E-state index contributed by atoms with van der Waals surface area (Å²) < 4.78 is 0. The van der Waals surface area contributed by atoms with E-state index in [1.807, 2.05) is 0 Å². The molecule has 0 radical (unpaired) electrons. The van der Waals surface area contributed by atoms with Gasteiger partial charge in [-0.2, -0.15) is 0 Å². The lowest BCUT2D eigenvalue weighted by Crippen LogP contribution is -2.19. The molecule has 33 heavy (non-hydrogen) atoms. The number of aryl methyl sites for hydroxylation is 2. The summed E-state index contributed by atoms with van der Waals surface area (Å²) in [5.41, 5.74) is 23.5. The summed E-state index contributed by atoms with van der Waals surface area (Å²) in [6.07, 6.45) is 0. The van der Waals surface area contributed by atoms with Gasteiger partial charge in [-0.05, 0) is 177 Å². The molecule has 0 bridgehead atoms. The molecule has 1 aliphatic rings. The van der Waals surface area contributed by atoms with Crippen LogP contribution in [0.1, 0.15) is 101 Å². The molecule has 3 aromatic rings. The maximum Gasteiger partial charge on any atom is 0.0164 e. The molecular formula is C33H42. The van der Waals surface area contributed by atoms with Crippen LogP contribution >= 0.6 is 0 Å². The van der Waals surface area contributed by atoms with Crippen molar-refractivity contribution in [2.24, 2.45) is 0 Å². The lowest BCUT2D eigenvalue weighted by Gasteiger charge is -2.29. The number of hydrogen-bond acceptors (Lipinski definition) is 0. The third kappa shape index (κ3) is 2.82. The normalized spacial score (nSPS) is 14.0. The number of rotatable bonds is 1. The minimum Gasteiger partial charge on any atom is -0.0729 e. The van der Waals surface area contributed by atoms with Crippen LogP contribution in [-0.4, -0.2) is 0 Å². The Kier molecular flexibility index (Phi) is 5.29. The Balaban J connectivity index is 2.47. The molecule has 3 aromatic carbocycles. The third-order valence-electron chi connectivity index (χ3n) is 9.50. The molecule has 4 rings (SSSR count). The average Bonchev–Trinajstić information content (AvgIpc) is 3.00. The first kappa shape index (κ1) is 23.8.